The number of amides is 1. The molecule has 2 aliphatic rings. The van der Waals surface area contributed by atoms with Crippen LogP contribution in [0.5, 0.6) is 5.75 Å². The molecule has 1 aromatic carbocycles. The van der Waals surface area contributed by atoms with Crippen molar-refractivity contribution in [3.8, 4) is 5.75 Å². The van der Waals surface area contributed by atoms with Crippen molar-refractivity contribution in [2.75, 3.05) is 13.1 Å². The third-order valence-corrected chi connectivity index (χ3v) is 4.53. The molecule has 1 aromatic rings. The van der Waals surface area contributed by atoms with Gasteiger partial charge in [0.15, 0.2) is 0 Å². The van der Waals surface area contributed by atoms with Crippen molar-refractivity contribution in [2.45, 2.75) is 44.6 Å². The van der Waals surface area contributed by atoms with Gasteiger partial charge in [-0.25, -0.2) is 4.39 Å². The van der Waals surface area contributed by atoms with E-state index in [9.17, 15) is 9.18 Å². The van der Waals surface area contributed by atoms with Crippen molar-refractivity contribution < 1.29 is 13.9 Å². The standard InChI is InChI=1S/C17H22FNO2/c18-14-6-3-7-15(11-14)21-16-8-9-19(12-16)17(20)10-13-4-1-2-5-13/h3,6-7,11,13,16H,1-2,4-5,8-10,12H2. The second kappa shape index (κ2) is 6.46. The van der Waals surface area contributed by atoms with Crippen LogP contribution in [0.3, 0.4) is 0 Å². The number of rotatable bonds is 4. The molecule has 1 saturated carbocycles. The number of benzene rings is 1. The zero-order valence-corrected chi connectivity index (χ0v) is 12.3. The van der Waals surface area contributed by atoms with E-state index in [1.807, 2.05) is 4.90 Å². The zero-order valence-electron chi connectivity index (χ0n) is 12.3. The number of halogens is 1. The highest BCUT2D eigenvalue weighted by Gasteiger charge is 2.29. The van der Waals surface area contributed by atoms with E-state index in [0.717, 1.165) is 13.0 Å². The van der Waals surface area contributed by atoms with Crippen LogP contribution in [0.25, 0.3) is 0 Å². The Morgan fingerprint density at radius 1 is 1.29 bits per heavy atom. The van der Waals surface area contributed by atoms with Gasteiger partial charge in [0.25, 0.3) is 0 Å². The van der Waals surface area contributed by atoms with Gasteiger partial charge < -0.3 is 9.64 Å². The van der Waals surface area contributed by atoms with Gasteiger partial charge in [0.05, 0.1) is 6.54 Å². The maximum atomic E-state index is 13.1. The average molecular weight is 291 g/mol. The third kappa shape index (κ3) is 3.74. The minimum atomic E-state index is -0.292. The predicted molar refractivity (Wildman–Crippen MR) is 78.6 cm³/mol. The van der Waals surface area contributed by atoms with Crippen LogP contribution in [-0.4, -0.2) is 30.0 Å². The topological polar surface area (TPSA) is 29.5 Å². The molecule has 2 fully saturated rings. The highest BCUT2D eigenvalue weighted by atomic mass is 19.1. The van der Waals surface area contributed by atoms with Crippen molar-refractivity contribution >= 4 is 5.91 Å². The number of likely N-dealkylation sites (tertiary alicyclic amines) is 1. The van der Waals surface area contributed by atoms with Crippen molar-refractivity contribution in [1.29, 1.82) is 0 Å². The number of hydrogen-bond acceptors (Lipinski definition) is 2. The summed E-state index contributed by atoms with van der Waals surface area (Å²) in [6, 6.07) is 6.19. The molecule has 0 radical (unpaired) electrons. The van der Waals surface area contributed by atoms with Crippen LogP contribution in [0.15, 0.2) is 24.3 Å². The molecule has 4 heteroatoms. The Kier molecular flexibility index (Phi) is 4.42. The quantitative estimate of drug-likeness (QED) is 0.851. The number of carbonyl (C=O) groups excluding carboxylic acids is 1. The second-order valence-electron chi connectivity index (χ2n) is 6.18. The Morgan fingerprint density at radius 2 is 2.10 bits per heavy atom. The van der Waals surface area contributed by atoms with E-state index < -0.39 is 0 Å². The van der Waals surface area contributed by atoms with Gasteiger partial charge in [0.2, 0.25) is 5.91 Å². The van der Waals surface area contributed by atoms with Crippen molar-refractivity contribution in [1.82, 2.24) is 4.90 Å². The van der Waals surface area contributed by atoms with Crippen molar-refractivity contribution in [3.63, 3.8) is 0 Å². The van der Waals surface area contributed by atoms with Crippen LogP contribution in [0.4, 0.5) is 4.39 Å². The summed E-state index contributed by atoms with van der Waals surface area (Å²) < 4.78 is 18.9. The van der Waals surface area contributed by atoms with Crippen LogP contribution < -0.4 is 4.74 Å². The summed E-state index contributed by atoms with van der Waals surface area (Å²) in [5.41, 5.74) is 0. The highest BCUT2D eigenvalue weighted by Crippen LogP contribution is 2.29. The van der Waals surface area contributed by atoms with Crippen LogP contribution in [0, 0.1) is 11.7 Å². The Bertz CT molecular complexity index is 499. The van der Waals surface area contributed by atoms with Gasteiger partial charge in [-0.1, -0.05) is 18.9 Å². The molecular formula is C17H22FNO2. The Morgan fingerprint density at radius 3 is 2.86 bits per heavy atom. The molecule has 3 rings (SSSR count). The summed E-state index contributed by atoms with van der Waals surface area (Å²) in [6.07, 6.45) is 6.43. The lowest BCUT2D eigenvalue weighted by Gasteiger charge is -2.19. The van der Waals surface area contributed by atoms with E-state index in [4.69, 9.17) is 4.74 Å². The Labute approximate surface area is 125 Å². The first-order valence-electron chi connectivity index (χ1n) is 7.91. The first-order valence-corrected chi connectivity index (χ1v) is 7.91. The molecule has 1 unspecified atom stereocenters. The molecular weight excluding hydrogens is 269 g/mol. The normalized spacial score (nSPS) is 22.7. The molecule has 21 heavy (non-hydrogen) atoms. The first-order chi connectivity index (χ1) is 10.2. The maximum absolute atomic E-state index is 13.1. The fraction of sp³-hybridized carbons (Fsp3) is 0.588. The molecule has 1 heterocycles. The maximum Gasteiger partial charge on any atom is 0.222 e. The summed E-state index contributed by atoms with van der Waals surface area (Å²) in [4.78, 5) is 14.2. The molecule has 1 aliphatic carbocycles. The Balaban J connectivity index is 1.49. The van der Waals surface area contributed by atoms with Gasteiger partial charge in [-0.3, -0.25) is 4.79 Å². The van der Waals surface area contributed by atoms with Gasteiger partial charge in [0, 0.05) is 25.5 Å². The number of ether oxygens (including phenoxy) is 1. The number of hydrogen-bond donors (Lipinski definition) is 0. The van der Waals surface area contributed by atoms with Gasteiger partial charge in [0.1, 0.15) is 17.7 Å². The molecule has 114 valence electrons. The Hall–Kier alpha value is -1.58. The SMILES string of the molecule is O=C(CC1CCCC1)N1CCC(Oc2cccc(F)c2)C1. The highest BCUT2D eigenvalue weighted by molar-refractivity contribution is 5.76. The van der Waals surface area contributed by atoms with E-state index in [1.54, 1.807) is 12.1 Å². The molecule has 0 bridgehead atoms. The zero-order chi connectivity index (χ0) is 14.7. The summed E-state index contributed by atoms with van der Waals surface area (Å²) in [5, 5.41) is 0. The summed E-state index contributed by atoms with van der Waals surface area (Å²) in [5.74, 6) is 1.10. The minimum Gasteiger partial charge on any atom is -0.488 e. The average Bonchev–Trinajstić information content (AvgIpc) is 3.10. The molecule has 1 aliphatic heterocycles. The molecule has 1 saturated heterocycles. The molecule has 0 N–H and O–H groups in total. The van der Waals surface area contributed by atoms with Crippen LogP contribution in [0.1, 0.15) is 38.5 Å². The summed E-state index contributed by atoms with van der Waals surface area (Å²) >= 11 is 0. The monoisotopic (exact) mass is 291 g/mol. The minimum absolute atomic E-state index is 0.0145. The van der Waals surface area contributed by atoms with Crippen molar-refractivity contribution in [3.05, 3.63) is 30.1 Å². The molecule has 1 amide bonds. The smallest absolute Gasteiger partial charge is 0.222 e. The number of nitrogens with zero attached hydrogens (tertiary/aromatic N) is 1. The van der Waals surface area contributed by atoms with E-state index in [2.05, 4.69) is 0 Å². The summed E-state index contributed by atoms with van der Waals surface area (Å²) in [7, 11) is 0. The number of carbonyl (C=O) groups is 1. The van der Waals surface area contributed by atoms with Crippen molar-refractivity contribution in [2.24, 2.45) is 5.92 Å². The van der Waals surface area contributed by atoms with Gasteiger partial charge in [-0.2, -0.15) is 0 Å². The fourth-order valence-corrected chi connectivity index (χ4v) is 3.37. The van der Waals surface area contributed by atoms with E-state index in [0.29, 0.717) is 24.6 Å². The molecule has 1 atom stereocenters. The van der Waals surface area contributed by atoms with Gasteiger partial charge in [-0.15, -0.1) is 0 Å². The summed E-state index contributed by atoms with van der Waals surface area (Å²) in [6.45, 7) is 1.38. The lowest BCUT2D eigenvalue weighted by molar-refractivity contribution is -0.131. The predicted octanol–water partition coefficient (Wildman–Crippen LogP) is 3.39. The fourth-order valence-electron chi connectivity index (χ4n) is 3.37. The largest absolute Gasteiger partial charge is 0.488 e. The lowest BCUT2D eigenvalue weighted by Crippen LogP contribution is -2.31. The first kappa shape index (κ1) is 14.4. The van der Waals surface area contributed by atoms with E-state index in [-0.39, 0.29) is 17.8 Å². The van der Waals surface area contributed by atoms with Crippen LogP contribution in [0.2, 0.25) is 0 Å². The molecule has 0 aromatic heterocycles. The second-order valence-corrected chi connectivity index (χ2v) is 6.18. The van der Waals surface area contributed by atoms with E-state index in [1.165, 1.54) is 37.8 Å². The lowest BCUT2D eigenvalue weighted by atomic mass is 10.0. The van der Waals surface area contributed by atoms with Crippen LogP contribution >= 0.6 is 0 Å². The molecule has 3 nitrogen and oxygen atoms in total. The van der Waals surface area contributed by atoms with Gasteiger partial charge >= 0.3 is 0 Å². The van der Waals surface area contributed by atoms with Crippen LogP contribution in [-0.2, 0) is 4.79 Å². The third-order valence-electron chi connectivity index (χ3n) is 4.53. The molecule has 0 spiro atoms. The van der Waals surface area contributed by atoms with E-state index >= 15 is 0 Å². The van der Waals surface area contributed by atoms with Gasteiger partial charge in [-0.05, 0) is 30.9 Å².